The highest BCUT2D eigenvalue weighted by Gasteiger charge is 2.11. The van der Waals surface area contributed by atoms with Gasteiger partial charge in [-0.2, -0.15) is 0 Å². The Morgan fingerprint density at radius 3 is 2.71 bits per heavy atom. The van der Waals surface area contributed by atoms with Crippen molar-refractivity contribution in [2.24, 2.45) is 0 Å². The number of pyridine rings is 1. The van der Waals surface area contributed by atoms with Gasteiger partial charge in [0, 0.05) is 17.1 Å². The molecular weight excluding hydrogens is 286 g/mol. The third kappa shape index (κ3) is 2.88. The summed E-state index contributed by atoms with van der Waals surface area (Å²) in [5.74, 6) is 0.432. The zero-order valence-electron chi connectivity index (χ0n) is 11.1. The van der Waals surface area contributed by atoms with Crippen molar-refractivity contribution >= 4 is 28.3 Å². The van der Waals surface area contributed by atoms with Crippen LogP contribution in [0.3, 0.4) is 0 Å². The summed E-state index contributed by atoms with van der Waals surface area (Å²) in [5, 5.41) is 1.40. The Balaban J connectivity index is 1.81. The highest BCUT2D eigenvalue weighted by Crippen LogP contribution is 2.23. The van der Waals surface area contributed by atoms with Crippen LogP contribution in [0.25, 0.3) is 10.9 Å². The van der Waals surface area contributed by atoms with Crippen LogP contribution < -0.4 is 4.74 Å². The maximum absolute atomic E-state index is 12.1. The van der Waals surface area contributed by atoms with Crippen molar-refractivity contribution in [3.05, 3.63) is 71.4 Å². The van der Waals surface area contributed by atoms with Crippen molar-refractivity contribution in [2.75, 3.05) is 6.61 Å². The standard InChI is InChI=1S/C17H12ClNO2/c18-14-8-2-1-7-13(14)15(20)11-21-16-9-3-5-12-6-4-10-19-17(12)16/h1-10H,11H2. The molecule has 0 atom stereocenters. The number of ketones is 1. The fourth-order valence-electron chi connectivity index (χ4n) is 2.10. The molecule has 1 heterocycles. The lowest BCUT2D eigenvalue weighted by Crippen LogP contribution is -2.12. The zero-order chi connectivity index (χ0) is 14.7. The van der Waals surface area contributed by atoms with E-state index in [1.54, 1.807) is 36.5 Å². The van der Waals surface area contributed by atoms with E-state index in [1.807, 2.05) is 24.3 Å². The van der Waals surface area contributed by atoms with Crippen molar-refractivity contribution in [2.45, 2.75) is 0 Å². The second-order valence-corrected chi connectivity index (χ2v) is 4.93. The molecular formula is C17H12ClNO2. The molecule has 1 aromatic heterocycles. The molecule has 21 heavy (non-hydrogen) atoms. The summed E-state index contributed by atoms with van der Waals surface area (Å²) in [5.41, 5.74) is 1.21. The predicted molar refractivity (Wildman–Crippen MR) is 83.0 cm³/mol. The second-order valence-electron chi connectivity index (χ2n) is 4.52. The van der Waals surface area contributed by atoms with Gasteiger partial charge >= 0.3 is 0 Å². The Labute approximate surface area is 127 Å². The van der Waals surface area contributed by atoms with Gasteiger partial charge in [-0.3, -0.25) is 9.78 Å². The number of hydrogen-bond acceptors (Lipinski definition) is 3. The minimum atomic E-state index is -0.159. The molecule has 0 N–H and O–H groups in total. The van der Waals surface area contributed by atoms with Crippen LogP contribution in [0.15, 0.2) is 60.8 Å². The second kappa shape index (κ2) is 5.94. The first-order chi connectivity index (χ1) is 10.3. The Morgan fingerprint density at radius 2 is 1.86 bits per heavy atom. The number of carbonyl (C=O) groups is 1. The smallest absolute Gasteiger partial charge is 0.201 e. The van der Waals surface area contributed by atoms with Crippen LogP contribution in [0.4, 0.5) is 0 Å². The number of carbonyl (C=O) groups excluding carboxylic acids is 1. The predicted octanol–water partition coefficient (Wildman–Crippen LogP) is 4.15. The lowest BCUT2D eigenvalue weighted by Gasteiger charge is -2.08. The highest BCUT2D eigenvalue weighted by atomic mass is 35.5. The van der Waals surface area contributed by atoms with E-state index in [4.69, 9.17) is 16.3 Å². The van der Waals surface area contributed by atoms with Gasteiger partial charge in [-0.25, -0.2) is 0 Å². The van der Waals surface area contributed by atoms with Crippen LogP contribution >= 0.6 is 11.6 Å². The van der Waals surface area contributed by atoms with Gasteiger partial charge in [-0.05, 0) is 24.3 Å². The van der Waals surface area contributed by atoms with Crippen molar-refractivity contribution in [1.82, 2.24) is 4.98 Å². The van der Waals surface area contributed by atoms with E-state index in [9.17, 15) is 4.79 Å². The van der Waals surface area contributed by atoms with E-state index in [0.29, 0.717) is 16.3 Å². The quantitative estimate of drug-likeness (QED) is 0.679. The van der Waals surface area contributed by atoms with Gasteiger partial charge in [-0.1, -0.05) is 41.9 Å². The lowest BCUT2D eigenvalue weighted by atomic mass is 10.1. The van der Waals surface area contributed by atoms with Crippen LogP contribution in [-0.2, 0) is 0 Å². The van der Waals surface area contributed by atoms with Crippen LogP contribution in [0.1, 0.15) is 10.4 Å². The summed E-state index contributed by atoms with van der Waals surface area (Å²) < 4.78 is 5.62. The molecule has 4 heteroatoms. The number of fused-ring (bicyclic) bond motifs is 1. The van der Waals surface area contributed by atoms with Crippen molar-refractivity contribution < 1.29 is 9.53 Å². The Bertz CT molecular complexity index is 796. The largest absolute Gasteiger partial charge is 0.483 e. The molecule has 0 bridgehead atoms. The summed E-state index contributed by atoms with van der Waals surface area (Å²) >= 11 is 6.01. The fourth-order valence-corrected chi connectivity index (χ4v) is 2.34. The van der Waals surface area contributed by atoms with Crippen molar-refractivity contribution in [1.29, 1.82) is 0 Å². The molecule has 0 saturated heterocycles. The monoisotopic (exact) mass is 297 g/mol. The zero-order valence-corrected chi connectivity index (χ0v) is 11.9. The fraction of sp³-hybridized carbons (Fsp3) is 0.0588. The van der Waals surface area contributed by atoms with Crippen LogP contribution in [0, 0.1) is 0 Å². The van der Waals surface area contributed by atoms with Gasteiger partial charge in [0.05, 0.1) is 5.02 Å². The topological polar surface area (TPSA) is 39.2 Å². The van der Waals surface area contributed by atoms with Crippen LogP contribution in [0.5, 0.6) is 5.75 Å². The van der Waals surface area contributed by atoms with Gasteiger partial charge < -0.3 is 4.74 Å². The molecule has 0 amide bonds. The van der Waals surface area contributed by atoms with Crippen LogP contribution in [-0.4, -0.2) is 17.4 Å². The average molecular weight is 298 g/mol. The third-order valence-corrected chi connectivity index (χ3v) is 3.46. The summed E-state index contributed by atoms with van der Waals surface area (Å²) in [6.45, 7) is -0.0700. The summed E-state index contributed by atoms with van der Waals surface area (Å²) in [6.07, 6.45) is 1.70. The molecule has 0 radical (unpaired) electrons. The molecule has 2 aromatic carbocycles. The van der Waals surface area contributed by atoms with E-state index >= 15 is 0 Å². The van der Waals surface area contributed by atoms with Crippen molar-refractivity contribution in [3.8, 4) is 5.75 Å². The molecule has 3 aromatic rings. The number of rotatable bonds is 4. The number of hydrogen-bond donors (Lipinski definition) is 0. The molecule has 0 aliphatic carbocycles. The van der Waals surface area contributed by atoms with E-state index < -0.39 is 0 Å². The molecule has 0 spiro atoms. The van der Waals surface area contributed by atoms with Gasteiger partial charge in [0.2, 0.25) is 5.78 Å². The molecule has 0 aliphatic rings. The van der Waals surface area contributed by atoms with E-state index in [-0.39, 0.29) is 12.4 Å². The van der Waals surface area contributed by atoms with E-state index in [1.165, 1.54) is 0 Å². The average Bonchev–Trinajstić information content (AvgIpc) is 2.53. The number of benzene rings is 2. The molecule has 3 nitrogen and oxygen atoms in total. The van der Waals surface area contributed by atoms with E-state index in [0.717, 1.165) is 10.9 Å². The minimum absolute atomic E-state index is 0.0700. The Morgan fingerprint density at radius 1 is 1.05 bits per heavy atom. The maximum Gasteiger partial charge on any atom is 0.201 e. The van der Waals surface area contributed by atoms with Gasteiger partial charge in [0.1, 0.15) is 11.3 Å². The summed E-state index contributed by atoms with van der Waals surface area (Å²) in [6, 6.07) is 16.4. The summed E-state index contributed by atoms with van der Waals surface area (Å²) in [7, 11) is 0. The van der Waals surface area contributed by atoms with Gasteiger partial charge in [0.15, 0.2) is 6.61 Å². The molecule has 0 saturated carbocycles. The van der Waals surface area contributed by atoms with Gasteiger partial charge in [-0.15, -0.1) is 0 Å². The lowest BCUT2D eigenvalue weighted by molar-refractivity contribution is 0.0922. The number of nitrogens with zero attached hydrogens (tertiary/aromatic N) is 1. The molecule has 104 valence electrons. The first-order valence-electron chi connectivity index (χ1n) is 6.50. The summed E-state index contributed by atoms with van der Waals surface area (Å²) in [4.78, 5) is 16.4. The Hall–Kier alpha value is -2.39. The van der Waals surface area contributed by atoms with Crippen molar-refractivity contribution in [3.63, 3.8) is 0 Å². The van der Waals surface area contributed by atoms with Gasteiger partial charge in [0.25, 0.3) is 0 Å². The minimum Gasteiger partial charge on any atom is -0.483 e. The highest BCUT2D eigenvalue weighted by molar-refractivity contribution is 6.34. The first kappa shape index (κ1) is 13.6. The number of aromatic nitrogens is 1. The maximum atomic E-state index is 12.1. The number of Topliss-reactive ketones (excluding diaryl/α,β-unsaturated/α-hetero) is 1. The SMILES string of the molecule is O=C(COc1cccc2cccnc12)c1ccccc1Cl. The first-order valence-corrected chi connectivity index (χ1v) is 6.88. The molecule has 0 aliphatic heterocycles. The normalized spacial score (nSPS) is 10.5. The Kier molecular flexibility index (Phi) is 3.84. The molecule has 0 unspecified atom stereocenters. The number of para-hydroxylation sites is 1. The number of ether oxygens (including phenoxy) is 1. The molecule has 3 rings (SSSR count). The van der Waals surface area contributed by atoms with E-state index in [2.05, 4.69) is 4.98 Å². The van der Waals surface area contributed by atoms with Crippen LogP contribution in [0.2, 0.25) is 5.02 Å². The molecule has 0 fully saturated rings. The number of halogens is 1. The third-order valence-electron chi connectivity index (χ3n) is 3.13.